The molecule has 1 fully saturated rings. The van der Waals surface area contributed by atoms with Gasteiger partial charge in [0.05, 0.1) is 15.5 Å². The number of rotatable bonds is 4. The van der Waals surface area contributed by atoms with Gasteiger partial charge in [0, 0.05) is 62.1 Å². The van der Waals surface area contributed by atoms with Crippen molar-refractivity contribution in [3.63, 3.8) is 0 Å². The summed E-state index contributed by atoms with van der Waals surface area (Å²) in [7, 11) is -4.19. The molecule has 1 amide bonds. The van der Waals surface area contributed by atoms with Crippen LogP contribution in [0.5, 0.6) is 5.75 Å². The van der Waals surface area contributed by atoms with E-state index in [-0.39, 0.29) is 21.2 Å². The highest BCUT2D eigenvalue weighted by molar-refractivity contribution is 8.23. The third-order valence-corrected chi connectivity index (χ3v) is 10.2. The molecule has 2 aromatic heterocycles. The molecule has 4 aromatic rings. The zero-order valence-corrected chi connectivity index (χ0v) is 23.3. The zero-order valence-electron chi connectivity index (χ0n) is 21.7. The van der Waals surface area contributed by atoms with Gasteiger partial charge in [-0.15, -0.1) is 0 Å². The van der Waals surface area contributed by atoms with Crippen LogP contribution in [0.25, 0.3) is 22.0 Å². The van der Waals surface area contributed by atoms with E-state index in [1.807, 2.05) is 6.92 Å². The van der Waals surface area contributed by atoms with Gasteiger partial charge in [-0.2, -0.15) is 10.6 Å². The van der Waals surface area contributed by atoms with Crippen LogP contribution in [0.3, 0.4) is 0 Å². The lowest BCUT2D eigenvalue weighted by Gasteiger charge is -2.36. The Morgan fingerprint density at radius 2 is 1.62 bits per heavy atom. The van der Waals surface area contributed by atoms with E-state index in [1.54, 1.807) is 37.5 Å². The average Bonchev–Trinajstić information content (AvgIpc) is 3.50. The molecule has 204 valence electrons. The summed E-state index contributed by atoms with van der Waals surface area (Å²) in [6, 6.07) is 11.0. The normalized spacial score (nSPS) is 16.9. The van der Waals surface area contributed by atoms with Crippen LogP contribution in [0.4, 0.5) is 5.69 Å². The Labute approximate surface area is 226 Å². The van der Waals surface area contributed by atoms with E-state index in [4.69, 9.17) is 4.74 Å². The minimum absolute atomic E-state index is 0.0384. The molecule has 0 atom stereocenters. The lowest BCUT2D eigenvalue weighted by Crippen LogP contribution is -2.45. The van der Waals surface area contributed by atoms with E-state index in [2.05, 4.69) is 0 Å². The van der Waals surface area contributed by atoms with Crippen LogP contribution in [-0.4, -0.2) is 50.9 Å². The number of carbonyl (C=O) groups is 1. The predicted octanol–water partition coefficient (Wildman–Crippen LogP) is 4.18. The largest absolute Gasteiger partial charge is 0.475 e. The Kier molecular flexibility index (Phi) is 5.41. The topological polar surface area (TPSA) is 131 Å². The van der Waals surface area contributed by atoms with Gasteiger partial charge in [0.1, 0.15) is 5.52 Å². The number of carbonyl (C=O) groups excluding carboxylic acids is 1. The molecule has 10 nitrogen and oxygen atoms in total. The van der Waals surface area contributed by atoms with Crippen LogP contribution in [0, 0.1) is 6.92 Å². The maximum Gasteiger partial charge on any atom is 0.275 e. The number of nitrogens with zero attached hydrogens (tertiary/aromatic N) is 3. The van der Waals surface area contributed by atoms with Crippen LogP contribution in [0.15, 0.2) is 69.4 Å². The number of amides is 1. The zero-order chi connectivity index (χ0) is 28.1. The number of aryl methyl sites for hydroxylation is 2. The van der Waals surface area contributed by atoms with Crippen LogP contribution in [0.1, 0.15) is 18.4 Å². The number of aromatic nitrogens is 2. The van der Waals surface area contributed by atoms with Crippen molar-refractivity contribution in [2.75, 3.05) is 18.2 Å². The molecule has 0 bridgehead atoms. The molecule has 2 aromatic carbocycles. The van der Waals surface area contributed by atoms with Crippen molar-refractivity contribution in [3.8, 4) is 16.9 Å². The monoisotopic (exact) mass is 569 g/mol. The first-order valence-corrected chi connectivity index (χ1v) is 15.6. The maximum absolute atomic E-state index is 13.6. The molecule has 1 aliphatic heterocycles. The second-order valence-electron chi connectivity index (χ2n) is 10.3. The number of likely N-dealkylation sites (N-methyl/N-ethyl adjacent to an activating group) is 1. The van der Waals surface area contributed by atoms with Gasteiger partial charge in [0.25, 0.3) is 21.5 Å². The summed E-state index contributed by atoms with van der Waals surface area (Å²) >= 11 is 0. The van der Waals surface area contributed by atoms with E-state index in [9.17, 15) is 27.1 Å². The Morgan fingerprint density at radius 1 is 0.949 bits per heavy atom. The number of benzene rings is 2. The van der Waals surface area contributed by atoms with E-state index in [0.717, 1.165) is 9.54 Å². The predicted molar refractivity (Wildman–Crippen MR) is 149 cm³/mol. The van der Waals surface area contributed by atoms with Gasteiger partial charge in [-0.05, 0) is 37.3 Å². The summed E-state index contributed by atoms with van der Waals surface area (Å²) in [5.41, 5.74) is 0.567. The molecule has 3 heterocycles. The first kappa shape index (κ1) is 25.7. The number of anilines is 1. The van der Waals surface area contributed by atoms with E-state index in [0.29, 0.717) is 40.8 Å². The number of hydrogen-bond donors (Lipinski definition) is 2. The summed E-state index contributed by atoms with van der Waals surface area (Å²) in [5, 5.41) is 0.341. The molecule has 1 saturated carbocycles. The molecule has 2 N–H and O–H groups in total. The molecule has 2 aliphatic rings. The van der Waals surface area contributed by atoms with Crippen LogP contribution in [-0.2, 0) is 21.9 Å². The lowest BCUT2D eigenvalue weighted by atomic mass is 10.00. The molecular formula is C27H27N3O7S2. The summed E-state index contributed by atoms with van der Waals surface area (Å²) in [5.74, 6) is 0.141. The van der Waals surface area contributed by atoms with Crippen molar-refractivity contribution in [2.24, 2.45) is 7.05 Å². The fourth-order valence-corrected chi connectivity index (χ4v) is 7.04. The molecular weight excluding hydrogens is 542 g/mol. The number of hydrogen-bond acceptors (Lipinski definition) is 7. The Hall–Kier alpha value is -3.58. The molecule has 1 spiro atoms. The van der Waals surface area contributed by atoms with E-state index in [1.165, 1.54) is 47.2 Å². The van der Waals surface area contributed by atoms with Gasteiger partial charge in [-0.25, -0.2) is 12.4 Å². The highest BCUT2D eigenvalue weighted by Crippen LogP contribution is 2.56. The molecule has 12 heteroatoms. The second kappa shape index (κ2) is 8.21. The fraction of sp³-hybridized carbons (Fsp3) is 0.259. The van der Waals surface area contributed by atoms with Gasteiger partial charge in [-0.3, -0.25) is 18.7 Å². The minimum Gasteiger partial charge on any atom is -0.475 e. The molecule has 0 radical (unpaired) electrons. The van der Waals surface area contributed by atoms with Gasteiger partial charge in [0.15, 0.2) is 11.4 Å². The summed E-state index contributed by atoms with van der Waals surface area (Å²) in [6.45, 7) is 1.85. The van der Waals surface area contributed by atoms with Crippen LogP contribution < -0.4 is 15.2 Å². The quantitative estimate of drug-likeness (QED) is 0.377. The maximum atomic E-state index is 13.6. The molecule has 1 aliphatic carbocycles. The van der Waals surface area contributed by atoms with E-state index < -0.39 is 31.8 Å². The molecule has 0 unspecified atom stereocenters. The minimum atomic E-state index is -4.11. The summed E-state index contributed by atoms with van der Waals surface area (Å²) in [4.78, 5) is 28.1. The Morgan fingerprint density at radius 3 is 2.23 bits per heavy atom. The van der Waals surface area contributed by atoms with Gasteiger partial charge >= 0.3 is 0 Å². The van der Waals surface area contributed by atoms with Gasteiger partial charge < -0.3 is 14.2 Å². The average molecular weight is 570 g/mol. The number of pyridine rings is 1. The smallest absolute Gasteiger partial charge is 0.275 e. The third kappa shape index (κ3) is 3.81. The first-order valence-electron chi connectivity index (χ1n) is 12.2. The van der Waals surface area contributed by atoms with Crippen molar-refractivity contribution < 1.29 is 27.1 Å². The molecule has 0 saturated heterocycles. The SMILES string of the molecule is Cc1ccc(S(=O)(=O)n2ccc3c(-c4cc(S(C)(O)O)cc5c4OC4(CC4)C(=O)N5C)cn(C)c(=O)c32)cc1. The highest BCUT2D eigenvalue weighted by atomic mass is 32.3. The van der Waals surface area contributed by atoms with Crippen molar-refractivity contribution in [2.45, 2.75) is 35.2 Å². The van der Waals surface area contributed by atoms with Crippen LogP contribution >= 0.6 is 10.6 Å². The summed E-state index contributed by atoms with van der Waals surface area (Å²) < 4.78 is 56.9. The number of ether oxygens (including phenoxy) is 1. The Balaban J connectivity index is 1.65. The van der Waals surface area contributed by atoms with Crippen molar-refractivity contribution >= 4 is 43.1 Å². The molecule has 6 rings (SSSR count). The summed E-state index contributed by atoms with van der Waals surface area (Å²) in [6.07, 6.45) is 5.29. The van der Waals surface area contributed by atoms with Crippen LogP contribution in [0.2, 0.25) is 0 Å². The standard InChI is InChI=1S/C27H27N3O7S2/c1-16-5-7-17(8-6-16)39(35,36)30-12-9-19-21(15-28(2)25(31)23(19)30)20-13-18(38(4,33)34)14-22-24(20)37-27(10-11-27)26(32)29(22)3/h5-9,12-15,33-34H,10-11H2,1-4H3. The third-order valence-electron chi connectivity index (χ3n) is 7.40. The van der Waals surface area contributed by atoms with Gasteiger partial charge in [0.2, 0.25) is 0 Å². The second-order valence-corrected chi connectivity index (χ2v) is 14.2. The van der Waals surface area contributed by atoms with Crippen molar-refractivity contribution in [1.82, 2.24) is 8.54 Å². The number of fused-ring (bicyclic) bond motifs is 2. The molecule has 39 heavy (non-hydrogen) atoms. The first-order chi connectivity index (χ1) is 18.2. The highest BCUT2D eigenvalue weighted by Gasteiger charge is 2.57. The van der Waals surface area contributed by atoms with E-state index >= 15 is 0 Å². The van der Waals surface area contributed by atoms with Gasteiger partial charge in [-0.1, -0.05) is 17.7 Å². The fourth-order valence-electron chi connectivity index (χ4n) is 5.02. The lowest BCUT2D eigenvalue weighted by molar-refractivity contribution is -0.127. The van der Waals surface area contributed by atoms with Crippen molar-refractivity contribution in [3.05, 3.63) is 70.8 Å². The Bertz CT molecular complexity index is 1860. The van der Waals surface area contributed by atoms with Crippen molar-refractivity contribution in [1.29, 1.82) is 0 Å².